The Balaban J connectivity index is 0.000000123. The average Bonchev–Trinajstić information content (AvgIpc) is 4.03. The van der Waals surface area contributed by atoms with E-state index in [9.17, 15) is 19.2 Å². The van der Waals surface area contributed by atoms with Gasteiger partial charge in [-0.05, 0) is 161 Å². The summed E-state index contributed by atoms with van der Waals surface area (Å²) in [5.74, 6) is 4.48. The summed E-state index contributed by atoms with van der Waals surface area (Å²) >= 11 is 5.83. The molecule has 19 nitrogen and oxygen atoms in total. The van der Waals surface area contributed by atoms with E-state index in [1.807, 2.05) is 65.6 Å². The van der Waals surface area contributed by atoms with Crippen molar-refractivity contribution in [3.63, 3.8) is 0 Å². The molecule has 8 aromatic rings. The van der Waals surface area contributed by atoms with Gasteiger partial charge in [-0.25, -0.2) is 0 Å². The van der Waals surface area contributed by atoms with Gasteiger partial charge in [0.2, 0.25) is 0 Å². The number of carbonyl (C=O) groups is 4. The van der Waals surface area contributed by atoms with Crippen LogP contribution in [0.2, 0.25) is 5.02 Å². The van der Waals surface area contributed by atoms with Gasteiger partial charge >= 0.3 is 0 Å². The maximum atomic E-state index is 12.9. The molecule has 0 spiro atoms. The minimum absolute atomic E-state index is 0.00750. The van der Waals surface area contributed by atoms with Crippen molar-refractivity contribution in [1.82, 2.24) is 46.4 Å². The zero-order chi connectivity index (χ0) is 61.5. The second-order valence-electron chi connectivity index (χ2n) is 23.4. The number of ether oxygens (including phenoxy) is 2. The molecular formula is C69H78ClN9O10. The molecular weight excluding hydrogens is 1150 g/mol. The molecule has 466 valence electrons. The first-order chi connectivity index (χ1) is 43.6. The van der Waals surface area contributed by atoms with Crippen LogP contribution >= 0.6 is 11.6 Å². The molecule has 4 aromatic carbocycles. The Labute approximate surface area is 523 Å². The molecule has 4 aromatic heterocycles. The molecule has 3 N–H and O–H groups in total. The number of rotatable bonds is 15. The van der Waals surface area contributed by atoms with Crippen LogP contribution in [0.4, 0.5) is 0 Å². The summed E-state index contributed by atoms with van der Waals surface area (Å²) in [5, 5.41) is 25.7. The highest BCUT2D eigenvalue weighted by Crippen LogP contribution is 2.32. The molecule has 14 rings (SSSR count). The topological polar surface area (TPSA) is 233 Å². The van der Waals surface area contributed by atoms with E-state index in [2.05, 4.69) is 65.7 Å². The van der Waals surface area contributed by atoms with Gasteiger partial charge in [-0.15, -0.1) is 0 Å². The zero-order valence-electron chi connectivity index (χ0n) is 50.8. The summed E-state index contributed by atoms with van der Waals surface area (Å²) in [5.41, 5.74) is 11.6. The summed E-state index contributed by atoms with van der Waals surface area (Å²) in [6.07, 6.45) is 19.2. The molecule has 4 aliphatic carbocycles. The molecule has 6 heterocycles. The Bertz CT molecular complexity index is 3670. The van der Waals surface area contributed by atoms with E-state index in [0.717, 1.165) is 184 Å². The fourth-order valence-corrected chi connectivity index (χ4v) is 12.7. The Morgan fingerprint density at radius 1 is 0.517 bits per heavy atom. The monoisotopic (exact) mass is 1230 g/mol. The van der Waals surface area contributed by atoms with Crippen molar-refractivity contribution in [1.29, 1.82) is 0 Å². The zero-order valence-corrected chi connectivity index (χ0v) is 51.6. The van der Waals surface area contributed by atoms with Crippen LogP contribution in [0.3, 0.4) is 0 Å². The number of hydrogen-bond acceptors (Lipinski definition) is 15. The van der Waals surface area contributed by atoms with E-state index in [4.69, 9.17) is 39.2 Å². The van der Waals surface area contributed by atoms with E-state index in [1.165, 1.54) is 24.0 Å². The maximum absolute atomic E-state index is 12.9. The number of benzene rings is 4. The second-order valence-corrected chi connectivity index (χ2v) is 23.9. The summed E-state index contributed by atoms with van der Waals surface area (Å²) in [4.78, 5) is 54.3. The number of halogens is 1. The van der Waals surface area contributed by atoms with Crippen LogP contribution < -0.4 is 25.4 Å². The van der Waals surface area contributed by atoms with Gasteiger partial charge in [-0.2, -0.15) is 0 Å². The standard InChI is InChI=1S/C20H25N3O2.C18H22N2O4.C16H16N2O2.C15H15ClN2O2/c24-20(19-16-10-4-5-11-18(16)25-22-19)21-17(14-23-12-6-7-13-23)15-8-2-1-3-9-15;1-22-15-8-7-12(11-16(15)23-2)9-10-19-18(21)17-13-5-3-4-6-14(13)24-20-17;19-16(15-13-7-3-4-8-14(13)20-17-15)18-9-11-5-1-2-6-12(11)10-18;16-11-7-5-10(6-8-11)9-17-15(19)14-12-3-1-2-4-13(12)20-18-14/h1-3,8-9,17H,4-7,10-14H2,(H,21,24);7-8,11H,3-6,9-10H2,1-2H3,(H,19,21);1-2,5-6H,3-4,7-10H2;5-8H,1-4,9H2,(H,17,19). The molecule has 20 heteroatoms. The van der Waals surface area contributed by atoms with Crippen LogP contribution in [0.1, 0.15) is 185 Å². The van der Waals surface area contributed by atoms with E-state index in [-0.39, 0.29) is 29.7 Å². The Morgan fingerprint density at radius 3 is 1.51 bits per heavy atom. The number of aryl methyl sites for hydroxylation is 4. The molecule has 4 amide bonds. The Morgan fingerprint density at radius 2 is 0.978 bits per heavy atom. The molecule has 0 saturated carbocycles. The number of amides is 4. The van der Waals surface area contributed by atoms with Gasteiger partial charge in [0.25, 0.3) is 23.6 Å². The Kier molecular flexibility index (Phi) is 21.0. The van der Waals surface area contributed by atoms with Crippen LogP contribution in [0, 0.1) is 0 Å². The summed E-state index contributed by atoms with van der Waals surface area (Å²) in [7, 11) is 3.22. The molecule has 1 unspecified atom stereocenters. The molecule has 2 aliphatic heterocycles. The summed E-state index contributed by atoms with van der Waals surface area (Å²) in [6.45, 7) is 5.40. The van der Waals surface area contributed by atoms with E-state index in [0.29, 0.717) is 71.9 Å². The third-order valence-corrected chi connectivity index (χ3v) is 17.7. The van der Waals surface area contributed by atoms with Crippen molar-refractivity contribution in [2.75, 3.05) is 40.4 Å². The predicted molar refractivity (Wildman–Crippen MR) is 333 cm³/mol. The lowest BCUT2D eigenvalue weighted by Gasteiger charge is -2.24. The first-order valence-corrected chi connectivity index (χ1v) is 31.8. The van der Waals surface area contributed by atoms with Crippen LogP contribution in [-0.2, 0) is 77.4 Å². The number of methoxy groups -OCH3 is 2. The lowest BCUT2D eigenvalue weighted by atomic mass is 9.96. The van der Waals surface area contributed by atoms with Crippen molar-refractivity contribution in [2.45, 2.75) is 148 Å². The fourth-order valence-electron chi connectivity index (χ4n) is 12.5. The number of aromatic nitrogens is 4. The molecule has 1 saturated heterocycles. The third kappa shape index (κ3) is 15.5. The summed E-state index contributed by atoms with van der Waals surface area (Å²) in [6, 6.07) is 31.5. The number of likely N-dealkylation sites (tertiary alicyclic amines) is 1. The number of carbonyl (C=O) groups excluding carboxylic acids is 4. The van der Waals surface area contributed by atoms with Crippen molar-refractivity contribution in [3.8, 4) is 11.5 Å². The quantitative estimate of drug-likeness (QED) is 0.0866. The predicted octanol–water partition coefficient (Wildman–Crippen LogP) is 11.5. The van der Waals surface area contributed by atoms with Gasteiger partial charge in [0.05, 0.1) is 20.3 Å². The average molecular weight is 1230 g/mol. The van der Waals surface area contributed by atoms with Gasteiger partial charge in [-0.3, -0.25) is 19.2 Å². The number of nitrogens with zero attached hydrogens (tertiary/aromatic N) is 6. The molecule has 0 radical (unpaired) electrons. The molecule has 1 atom stereocenters. The highest BCUT2D eigenvalue weighted by Gasteiger charge is 2.32. The lowest BCUT2D eigenvalue weighted by Crippen LogP contribution is -2.37. The fraction of sp³-hybridized carbons (Fsp3) is 0.420. The largest absolute Gasteiger partial charge is 0.493 e. The van der Waals surface area contributed by atoms with Crippen LogP contribution in [-0.4, -0.2) is 94.5 Å². The van der Waals surface area contributed by atoms with Crippen LogP contribution in [0.25, 0.3) is 0 Å². The normalized spacial score (nSPS) is 15.7. The van der Waals surface area contributed by atoms with Crippen LogP contribution in [0.15, 0.2) is 115 Å². The number of nitrogens with one attached hydrogen (secondary N) is 3. The number of fused-ring (bicyclic) bond motifs is 5. The van der Waals surface area contributed by atoms with Gasteiger partial charge in [0, 0.05) is 85.7 Å². The highest BCUT2D eigenvalue weighted by molar-refractivity contribution is 6.30. The van der Waals surface area contributed by atoms with E-state index >= 15 is 0 Å². The highest BCUT2D eigenvalue weighted by atomic mass is 35.5. The van der Waals surface area contributed by atoms with Crippen LogP contribution in [0.5, 0.6) is 11.5 Å². The lowest BCUT2D eigenvalue weighted by molar-refractivity contribution is 0.0739. The maximum Gasteiger partial charge on any atom is 0.276 e. The third-order valence-electron chi connectivity index (χ3n) is 17.4. The molecule has 0 bridgehead atoms. The van der Waals surface area contributed by atoms with Gasteiger partial charge < -0.3 is 53.3 Å². The minimum atomic E-state index is -0.174. The second kappa shape index (κ2) is 30.1. The molecule has 89 heavy (non-hydrogen) atoms. The van der Waals surface area contributed by atoms with E-state index in [1.54, 1.807) is 26.4 Å². The van der Waals surface area contributed by atoms with Crippen molar-refractivity contribution >= 4 is 35.2 Å². The van der Waals surface area contributed by atoms with Crippen molar-refractivity contribution in [2.24, 2.45) is 0 Å². The Hall–Kier alpha value is -8.55. The van der Waals surface area contributed by atoms with Gasteiger partial charge in [-0.1, -0.05) is 105 Å². The number of hydrogen-bond donors (Lipinski definition) is 3. The van der Waals surface area contributed by atoms with Crippen molar-refractivity contribution < 1.29 is 46.7 Å². The van der Waals surface area contributed by atoms with Gasteiger partial charge in [0.15, 0.2) is 34.3 Å². The smallest absolute Gasteiger partial charge is 0.276 e. The minimum Gasteiger partial charge on any atom is -0.493 e. The summed E-state index contributed by atoms with van der Waals surface area (Å²) < 4.78 is 31.8. The van der Waals surface area contributed by atoms with E-state index < -0.39 is 0 Å². The molecule has 6 aliphatic rings. The van der Waals surface area contributed by atoms with Gasteiger partial charge in [0.1, 0.15) is 23.0 Å². The first kappa shape index (κ1) is 62.1. The first-order valence-electron chi connectivity index (χ1n) is 31.5. The van der Waals surface area contributed by atoms with Crippen molar-refractivity contribution in [3.05, 3.63) is 198 Å². The molecule has 1 fully saturated rings. The SMILES string of the molecule is COc1ccc(CCNC(=O)c2noc3c2CCCC3)cc1OC.O=C(NC(CN1CCCC1)c1ccccc1)c1noc2c1CCCC2.O=C(NCc1ccc(Cl)cc1)c1noc2c1CCCC2.O=C(c1noc2c1CCCC2)N1Cc2ccccc2C1.